The fourth-order valence-corrected chi connectivity index (χ4v) is 7.28. The summed E-state index contributed by atoms with van der Waals surface area (Å²) in [5.41, 5.74) is 0. The Labute approximate surface area is 159 Å². The van der Waals surface area contributed by atoms with Crippen molar-refractivity contribution in [1.29, 1.82) is 0 Å². The largest absolute Gasteiger partial charge is 0.374 e. The second kappa shape index (κ2) is 7.88. The molecule has 0 N–H and O–H groups in total. The molecular weight excluding hydrogens is 340 g/mol. The number of hydrogen-bond acceptors (Lipinski definition) is 2. The van der Waals surface area contributed by atoms with Gasteiger partial charge < -0.3 is 8.92 Å². The van der Waals surface area contributed by atoms with Gasteiger partial charge in [-0.3, -0.25) is 0 Å². The molecule has 1 fully saturated rings. The summed E-state index contributed by atoms with van der Waals surface area (Å²) in [6.45, 7) is 8.02. The first-order chi connectivity index (χ1) is 12.5. The van der Waals surface area contributed by atoms with Crippen LogP contribution in [-0.4, -0.2) is 24.1 Å². The monoisotopic (exact) mass is 368 g/mol. The van der Waals surface area contributed by atoms with Crippen LogP contribution in [0, 0.1) is 18.3 Å². The van der Waals surface area contributed by atoms with Crippen molar-refractivity contribution in [2.24, 2.45) is 5.92 Å². The molecule has 1 saturated heterocycles. The molecule has 1 aliphatic rings. The van der Waals surface area contributed by atoms with Crippen molar-refractivity contribution in [1.82, 2.24) is 0 Å². The number of benzene rings is 2. The molecule has 0 aromatic heterocycles. The molecule has 2 unspecified atom stereocenters. The molecule has 0 amide bonds. The molecule has 0 bridgehead atoms. The Hall–Kier alpha value is -1.73. The molecule has 1 heterocycles. The molecule has 0 aliphatic carbocycles. The third-order valence-corrected chi connectivity index (χ3v) is 8.93. The molecule has 138 valence electrons. The lowest BCUT2D eigenvalue weighted by Gasteiger charge is -2.50. The highest BCUT2D eigenvalue weighted by atomic mass is 32.3. The number of terminal acetylenes is 1. The lowest BCUT2D eigenvalue weighted by Crippen LogP contribution is -2.31. The van der Waals surface area contributed by atoms with E-state index in [1.807, 2.05) is 0 Å². The second-order valence-electron chi connectivity index (χ2n) is 7.55. The van der Waals surface area contributed by atoms with Gasteiger partial charge in [0, 0.05) is 21.1 Å². The Morgan fingerprint density at radius 1 is 1.04 bits per heavy atom. The molecule has 2 nitrogen and oxygen atoms in total. The normalized spacial score (nSPS) is 21.3. The van der Waals surface area contributed by atoms with Crippen LogP contribution in [0.25, 0.3) is 0 Å². The van der Waals surface area contributed by atoms with E-state index in [9.17, 15) is 0 Å². The van der Waals surface area contributed by atoms with Gasteiger partial charge in [-0.15, -0.1) is 12.3 Å². The van der Waals surface area contributed by atoms with E-state index in [1.54, 1.807) is 0 Å². The zero-order valence-electron chi connectivity index (χ0n) is 15.9. The molecule has 2 aromatic carbocycles. The van der Waals surface area contributed by atoms with Gasteiger partial charge in [-0.2, -0.15) is 0 Å². The van der Waals surface area contributed by atoms with Crippen molar-refractivity contribution in [2.45, 2.75) is 47.8 Å². The molecular formula is C23H28O2S. The van der Waals surface area contributed by atoms with E-state index in [0.717, 1.165) is 13.0 Å². The Balaban J connectivity index is 2.05. The van der Waals surface area contributed by atoms with E-state index in [0.29, 0.717) is 6.61 Å². The molecule has 3 rings (SSSR count). The topological polar surface area (TPSA) is 18.5 Å². The zero-order valence-corrected chi connectivity index (χ0v) is 16.7. The first-order valence-corrected chi connectivity index (χ1v) is 10.7. The van der Waals surface area contributed by atoms with E-state index in [2.05, 4.69) is 87.4 Å². The second-order valence-corrected chi connectivity index (χ2v) is 11.1. The molecule has 0 saturated carbocycles. The van der Waals surface area contributed by atoms with Gasteiger partial charge in [0.25, 0.3) is 0 Å². The van der Waals surface area contributed by atoms with Gasteiger partial charge in [0.1, 0.15) is 0 Å². The van der Waals surface area contributed by atoms with Crippen LogP contribution in [0.1, 0.15) is 27.2 Å². The van der Waals surface area contributed by atoms with Crippen molar-refractivity contribution in [3.63, 3.8) is 0 Å². The number of hydrogen-bond donors (Lipinski definition) is 0. The number of ether oxygens (including phenoxy) is 1. The SMILES string of the molecule is C#CC1CCOC1COS(c1ccccc1)(c1ccccc1)C(C)(C)C. The average molecular weight is 369 g/mol. The predicted octanol–water partition coefficient (Wildman–Crippen LogP) is 5.68. The Morgan fingerprint density at radius 2 is 1.58 bits per heavy atom. The summed E-state index contributed by atoms with van der Waals surface area (Å²) < 4.78 is 12.6. The fourth-order valence-electron chi connectivity index (χ4n) is 3.55. The maximum atomic E-state index is 6.85. The van der Waals surface area contributed by atoms with Gasteiger partial charge >= 0.3 is 0 Å². The van der Waals surface area contributed by atoms with Gasteiger partial charge in [0.2, 0.25) is 0 Å². The minimum absolute atomic E-state index is 0.0263. The predicted molar refractivity (Wildman–Crippen MR) is 109 cm³/mol. The minimum Gasteiger partial charge on any atom is -0.374 e. The van der Waals surface area contributed by atoms with E-state index < -0.39 is 10.3 Å². The van der Waals surface area contributed by atoms with Gasteiger partial charge in [-0.05, 0) is 51.5 Å². The molecule has 26 heavy (non-hydrogen) atoms. The van der Waals surface area contributed by atoms with Crippen LogP contribution < -0.4 is 0 Å². The highest BCUT2D eigenvalue weighted by molar-refractivity contribution is 8.31. The lowest BCUT2D eigenvalue weighted by atomic mass is 10.0. The summed E-state index contributed by atoms with van der Waals surface area (Å²) in [6, 6.07) is 21.2. The van der Waals surface area contributed by atoms with Crippen LogP contribution >= 0.6 is 10.3 Å². The third-order valence-electron chi connectivity index (χ3n) is 4.85. The van der Waals surface area contributed by atoms with Crippen molar-refractivity contribution in [3.8, 4) is 12.3 Å². The smallest absolute Gasteiger partial charge is 0.0958 e. The van der Waals surface area contributed by atoms with Gasteiger partial charge in [0.05, 0.1) is 18.6 Å². The number of rotatable bonds is 5. The summed E-state index contributed by atoms with van der Waals surface area (Å²) in [6.07, 6.45) is 6.58. The van der Waals surface area contributed by atoms with E-state index in [4.69, 9.17) is 15.3 Å². The summed E-state index contributed by atoms with van der Waals surface area (Å²) in [5, 5.41) is 0. The van der Waals surface area contributed by atoms with Gasteiger partial charge in [-0.1, -0.05) is 46.7 Å². The average Bonchev–Trinajstić information content (AvgIpc) is 3.10. The summed E-state index contributed by atoms with van der Waals surface area (Å²) >= 11 is 0. The molecule has 2 aromatic rings. The van der Waals surface area contributed by atoms with Crippen LogP contribution in [0.5, 0.6) is 0 Å². The van der Waals surface area contributed by atoms with E-state index >= 15 is 0 Å². The van der Waals surface area contributed by atoms with Crippen LogP contribution in [0.2, 0.25) is 0 Å². The maximum absolute atomic E-state index is 6.85. The van der Waals surface area contributed by atoms with Crippen LogP contribution in [0.3, 0.4) is 0 Å². The fraction of sp³-hybridized carbons (Fsp3) is 0.391. The first kappa shape index (κ1) is 19.0. The maximum Gasteiger partial charge on any atom is 0.0958 e. The molecule has 3 heteroatoms. The quantitative estimate of drug-likeness (QED) is 0.632. The van der Waals surface area contributed by atoms with Crippen LogP contribution in [-0.2, 0) is 8.92 Å². The lowest BCUT2D eigenvalue weighted by molar-refractivity contribution is 0.0615. The molecule has 1 aliphatic heterocycles. The highest BCUT2D eigenvalue weighted by Crippen LogP contribution is 2.71. The van der Waals surface area contributed by atoms with Crippen LogP contribution in [0.4, 0.5) is 0 Å². The third kappa shape index (κ3) is 3.55. The first-order valence-electron chi connectivity index (χ1n) is 9.14. The molecule has 2 atom stereocenters. The van der Waals surface area contributed by atoms with Crippen molar-refractivity contribution >= 4 is 10.3 Å². The van der Waals surface area contributed by atoms with E-state index in [1.165, 1.54) is 9.79 Å². The van der Waals surface area contributed by atoms with Gasteiger partial charge in [-0.25, -0.2) is 0 Å². The van der Waals surface area contributed by atoms with Crippen molar-refractivity contribution < 1.29 is 8.92 Å². The van der Waals surface area contributed by atoms with Crippen molar-refractivity contribution in [2.75, 3.05) is 13.2 Å². The van der Waals surface area contributed by atoms with E-state index in [-0.39, 0.29) is 16.8 Å². The Morgan fingerprint density at radius 3 is 2.04 bits per heavy atom. The Kier molecular flexibility index (Phi) is 5.77. The highest BCUT2D eigenvalue weighted by Gasteiger charge is 2.42. The summed E-state index contributed by atoms with van der Waals surface area (Å²) in [5.74, 6) is 3.01. The van der Waals surface area contributed by atoms with Crippen LogP contribution in [0.15, 0.2) is 70.5 Å². The summed E-state index contributed by atoms with van der Waals surface area (Å²) in [4.78, 5) is 2.46. The Bertz CT molecular complexity index is 704. The van der Waals surface area contributed by atoms with Crippen molar-refractivity contribution in [3.05, 3.63) is 60.7 Å². The van der Waals surface area contributed by atoms with Gasteiger partial charge in [0.15, 0.2) is 0 Å². The molecule has 0 radical (unpaired) electrons. The molecule has 0 spiro atoms. The zero-order chi connectivity index (χ0) is 18.6. The minimum atomic E-state index is -1.74. The standard InChI is InChI=1S/C23H28O2S/c1-5-19-16-17-24-22(19)18-25-26(23(2,3)4,20-12-8-6-9-13-20)21-14-10-7-11-15-21/h1,6-15,19,22H,16-18H2,2-4H3. The summed E-state index contributed by atoms with van der Waals surface area (Å²) in [7, 11) is -1.74.